The lowest BCUT2D eigenvalue weighted by Gasteiger charge is -2.00. The Morgan fingerprint density at radius 2 is 2.64 bits per heavy atom. The number of aromatic nitrogens is 2. The molecule has 0 saturated carbocycles. The average Bonchev–Trinajstić information content (AvgIpc) is 2.36. The van der Waals surface area contributed by atoms with E-state index in [2.05, 4.69) is 4.98 Å². The van der Waals surface area contributed by atoms with Gasteiger partial charge in [-0.2, -0.15) is 0 Å². The van der Waals surface area contributed by atoms with E-state index in [1.54, 1.807) is 6.20 Å². The summed E-state index contributed by atoms with van der Waals surface area (Å²) in [5.41, 5.74) is 0. The molecule has 0 spiro atoms. The number of methoxy groups -OCH3 is 1. The average molecular weight is 156 g/mol. The number of carbonyl (C=O) groups is 1. The third-order valence-electron chi connectivity index (χ3n) is 1.17. The van der Waals surface area contributed by atoms with Gasteiger partial charge in [0.15, 0.2) is 0 Å². The third-order valence-corrected chi connectivity index (χ3v) is 1.17. The number of ether oxygens (including phenoxy) is 1. The Labute approximate surface area is 63.2 Å². The van der Waals surface area contributed by atoms with Gasteiger partial charge in [-0.15, -0.1) is 0 Å². The molecule has 1 heterocycles. The first kappa shape index (κ1) is 7.74. The van der Waals surface area contributed by atoms with E-state index in [0.717, 1.165) is 0 Å². The van der Waals surface area contributed by atoms with Crippen molar-refractivity contribution in [3.63, 3.8) is 0 Å². The highest BCUT2D eigenvalue weighted by atomic mass is 16.5. The second kappa shape index (κ2) is 3.16. The fraction of sp³-hybridized carbons (Fsp3) is 0.333. The van der Waals surface area contributed by atoms with Gasteiger partial charge in [0, 0.05) is 19.5 Å². The van der Waals surface area contributed by atoms with E-state index in [-0.39, 0.29) is 12.6 Å². The number of nitrogens with zero attached hydrogens (tertiary/aromatic N) is 2. The van der Waals surface area contributed by atoms with E-state index < -0.39 is 5.97 Å². The van der Waals surface area contributed by atoms with Crippen molar-refractivity contribution in [1.82, 2.24) is 9.55 Å². The van der Waals surface area contributed by atoms with Gasteiger partial charge in [-0.3, -0.25) is 0 Å². The maximum atomic E-state index is 10.4. The molecule has 0 atom stereocenters. The minimum atomic E-state index is -1.05. The SMILES string of the molecule is COCn1ccnc1C(=O)O. The van der Waals surface area contributed by atoms with Crippen LogP contribution in [0, 0.1) is 0 Å². The summed E-state index contributed by atoms with van der Waals surface area (Å²) in [6.07, 6.45) is 2.97. The standard InChI is InChI=1S/C6H8N2O3/c1-11-4-8-3-2-7-5(8)6(9)10/h2-3H,4H2,1H3,(H,9,10). The van der Waals surface area contributed by atoms with Crippen LogP contribution in [0.4, 0.5) is 0 Å². The summed E-state index contributed by atoms with van der Waals surface area (Å²) in [6.45, 7) is 0.210. The van der Waals surface area contributed by atoms with Crippen molar-refractivity contribution in [2.24, 2.45) is 0 Å². The van der Waals surface area contributed by atoms with Crippen molar-refractivity contribution < 1.29 is 14.6 Å². The van der Waals surface area contributed by atoms with Gasteiger partial charge >= 0.3 is 5.97 Å². The van der Waals surface area contributed by atoms with Crippen molar-refractivity contribution in [2.45, 2.75) is 6.73 Å². The van der Waals surface area contributed by atoms with Gasteiger partial charge < -0.3 is 14.4 Å². The van der Waals surface area contributed by atoms with Gasteiger partial charge in [0.2, 0.25) is 5.82 Å². The lowest BCUT2D eigenvalue weighted by molar-refractivity contribution is 0.0653. The summed E-state index contributed by atoms with van der Waals surface area (Å²) >= 11 is 0. The molecule has 0 unspecified atom stereocenters. The highest BCUT2D eigenvalue weighted by Gasteiger charge is 2.09. The van der Waals surface area contributed by atoms with Crippen LogP contribution < -0.4 is 0 Å². The summed E-state index contributed by atoms with van der Waals surface area (Å²) in [6, 6.07) is 0. The van der Waals surface area contributed by atoms with Crippen LogP contribution in [-0.2, 0) is 11.5 Å². The molecule has 0 radical (unpaired) electrons. The fourth-order valence-corrected chi connectivity index (χ4v) is 0.750. The molecule has 0 aliphatic rings. The molecule has 1 aromatic heterocycles. The Balaban J connectivity index is 2.87. The highest BCUT2D eigenvalue weighted by Crippen LogP contribution is 1.96. The number of carboxylic acid groups (broad SMARTS) is 1. The highest BCUT2D eigenvalue weighted by molar-refractivity contribution is 5.83. The number of carboxylic acids is 1. The zero-order valence-electron chi connectivity index (χ0n) is 6.02. The van der Waals surface area contributed by atoms with Crippen LogP contribution in [-0.4, -0.2) is 27.7 Å². The normalized spacial score (nSPS) is 9.91. The van der Waals surface area contributed by atoms with Gasteiger partial charge in [0.25, 0.3) is 0 Å². The molecular weight excluding hydrogens is 148 g/mol. The number of rotatable bonds is 3. The van der Waals surface area contributed by atoms with E-state index in [1.807, 2.05) is 0 Å². The zero-order valence-corrected chi connectivity index (χ0v) is 6.02. The first-order valence-corrected chi connectivity index (χ1v) is 2.99. The molecule has 0 fully saturated rings. The van der Waals surface area contributed by atoms with Gasteiger partial charge in [0.05, 0.1) is 0 Å². The van der Waals surface area contributed by atoms with Crippen LogP contribution in [0.1, 0.15) is 10.6 Å². The molecule has 0 aliphatic carbocycles. The fourth-order valence-electron chi connectivity index (χ4n) is 0.750. The molecule has 0 amide bonds. The second-order valence-electron chi connectivity index (χ2n) is 1.94. The zero-order chi connectivity index (χ0) is 8.27. The maximum absolute atomic E-state index is 10.4. The molecule has 60 valence electrons. The Hall–Kier alpha value is -1.36. The number of hydrogen-bond donors (Lipinski definition) is 1. The lowest BCUT2D eigenvalue weighted by Crippen LogP contribution is -2.09. The monoisotopic (exact) mass is 156 g/mol. The van der Waals surface area contributed by atoms with Gasteiger partial charge in [-0.1, -0.05) is 0 Å². The number of aromatic carboxylic acids is 1. The summed E-state index contributed by atoms with van der Waals surface area (Å²) in [7, 11) is 1.49. The van der Waals surface area contributed by atoms with E-state index >= 15 is 0 Å². The second-order valence-corrected chi connectivity index (χ2v) is 1.94. The first-order valence-electron chi connectivity index (χ1n) is 2.99. The third kappa shape index (κ3) is 1.56. The molecule has 5 nitrogen and oxygen atoms in total. The Bertz CT molecular complexity index is 256. The quantitative estimate of drug-likeness (QED) is 0.678. The van der Waals surface area contributed by atoms with Crippen LogP contribution in [0.2, 0.25) is 0 Å². The molecule has 1 N–H and O–H groups in total. The van der Waals surface area contributed by atoms with Crippen LogP contribution in [0.3, 0.4) is 0 Å². The summed E-state index contributed by atoms with van der Waals surface area (Å²) in [4.78, 5) is 14.0. The lowest BCUT2D eigenvalue weighted by atomic mass is 10.6. The van der Waals surface area contributed by atoms with Crippen LogP contribution in [0.25, 0.3) is 0 Å². The van der Waals surface area contributed by atoms with Crippen molar-refractivity contribution in [2.75, 3.05) is 7.11 Å². The van der Waals surface area contributed by atoms with E-state index in [9.17, 15) is 4.79 Å². The minimum absolute atomic E-state index is 0.00755. The summed E-state index contributed by atoms with van der Waals surface area (Å²) in [5, 5.41) is 8.54. The van der Waals surface area contributed by atoms with Crippen LogP contribution in [0.5, 0.6) is 0 Å². The first-order chi connectivity index (χ1) is 5.25. The van der Waals surface area contributed by atoms with E-state index in [1.165, 1.54) is 17.9 Å². The van der Waals surface area contributed by atoms with Crippen LogP contribution >= 0.6 is 0 Å². The molecule has 1 aromatic rings. The van der Waals surface area contributed by atoms with E-state index in [4.69, 9.17) is 9.84 Å². The summed E-state index contributed by atoms with van der Waals surface area (Å²) < 4.78 is 6.14. The van der Waals surface area contributed by atoms with Crippen molar-refractivity contribution in [3.05, 3.63) is 18.2 Å². The Morgan fingerprint density at radius 3 is 3.18 bits per heavy atom. The molecule has 0 bridgehead atoms. The van der Waals surface area contributed by atoms with Crippen molar-refractivity contribution >= 4 is 5.97 Å². The smallest absolute Gasteiger partial charge is 0.372 e. The predicted octanol–water partition coefficient (Wildman–Crippen LogP) is 0.185. The Morgan fingerprint density at radius 1 is 1.91 bits per heavy atom. The van der Waals surface area contributed by atoms with E-state index in [0.29, 0.717) is 0 Å². The van der Waals surface area contributed by atoms with Crippen LogP contribution in [0.15, 0.2) is 12.4 Å². The topological polar surface area (TPSA) is 64.4 Å². The largest absolute Gasteiger partial charge is 0.475 e. The van der Waals surface area contributed by atoms with Crippen molar-refractivity contribution in [1.29, 1.82) is 0 Å². The van der Waals surface area contributed by atoms with Crippen molar-refractivity contribution in [3.8, 4) is 0 Å². The number of imidazole rings is 1. The molecule has 1 rings (SSSR count). The maximum Gasteiger partial charge on any atom is 0.372 e. The van der Waals surface area contributed by atoms with Gasteiger partial charge in [0.1, 0.15) is 6.73 Å². The minimum Gasteiger partial charge on any atom is -0.475 e. The Kier molecular flexibility index (Phi) is 2.22. The molecule has 0 aromatic carbocycles. The summed E-state index contributed by atoms with van der Waals surface area (Å²) in [5.74, 6) is -1.06. The molecule has 0 aliphatic heterocycles. The van der Waals surface area contributed by atoms with Gasteiger partial charge in [-0.05, 0) is 0 Å². The molecule has 0 saturated heterocycles. The van der Waals surface area contributed by atoms with Gasteiger partial charge in [-0.25, -0.2) is 9.78 Å². The predicted molar refractivity (Wildman–Crippen MR) is 36.2 cm³/mol. The molecule has 11 heavy (non-hydrogen) atoms. The molecule has 5 heteroatoms. The number of hydrogen-bond acceptors (Lipinski definition) is 3. The molecular formula is C6H8N2O3.